The van der Waals surface area contributed by atoms with Crippen LogP contribution in [-0.4, -0.2) is 146 Å². The van der Waals surface area contributed by atoms with Gasteiger partial charge in [-0.1, -0.05) is 35.8 Å². The maximum atomic E-state index is 12.4. The van der Waals surface area contributed by atoms with Crippen LogP contribution in [-0.2, 0) is 19.6 Å². The number of rotatable bonds is 2. The van der Waals surface area contributed by atoms with E-state index in [2.05, 4.69) is 23.7 Å². The van der Waals surface area contributed by atoms with Gasteiger partial charge in [-0.15, -0.1) is 0 Å². The van der Waals surface area contributed by atoms with Crippen LogP contribution < -0.4 is 0 Å². The van der Waals surface area contributed by atoms with Gasteiger partial charge in [0.2, 0.25) is 0 Å². The van der Waals surface area contributed by atoms with Gasteiger partial charge in [0.05, 0.1) is 20.3 Å². The predicted molar refractivity (Wildman–Crippen MR) is 167 cm³/mol. The molecule has 1 spiro atoms. The summed E-state index contributed by atoms with van der Waals surface area (Å²) < 4.78 is 16.1. The van der Waals surface area contributed by atoms with Crippen LogP contribution in [0.15, 0.2) is 36.4 Å². The van der Waals surface area contributed by atoms with Gasteiger partial charge in [-0.2, -0.15) is 0 Å². The van der Waals surface area contributed by atoms with Gasteiger partial charge in [0.1, 0.15) is 61.0 Å². The molecule has 2 aromatic rings. The Hall–Kier alpha value is -3.57. The molecular formula is C35H39NO12. The summed E-state index contributed by atoms with van der Waals surface area (Å²) in [6.07, 6.45) is -12.7. The lowest BCUT2D eigenvalue weighted by Gasteiger charge is -2.40. The molecule has 3 aliphatic heterocycles. The number of carbonyl (C=O) groups is 1. The molecule has 4 aliphatic rings. The van der Waals surface area contributed by atoms with Crippen molar-refractivity contribution >= 4 is 6.09 Å². The number of amides is 1. The Balaban J connectivity index is 1.34. The van der Waals surface area contributed by atoms with E-state index in [0.29, 0.717) is 37.1 Å². The van der Waals surface area contributed by atoms with Gasteiger partial charge in [-0.05, 0) is 59.4 Å². The third kappa shape index (κ3) is 5.97. The van der Waals surface area contributed by atoms with E-state index in [-0.39, 0.29) is 0 Å². The zero-order chi connectivity index (χ0) is 34.3. The second-order valence-corrected chi connectivity index (χ2v) is 12.6. The van der Waals surface area contributed by atoms with E-state index in [4.69, 9.17) is 14.2 Å². The molecule has 6 rings (SSSR count). The van der Waals surface area contributed by atoms with E-state index in [1.807, 2.05) is 36.4 Å². The van der Waals surface area contributed by atoms with Crippen LogP contribution in [0, 0.1) is 23.7 Å². The summed E-state index contributed by atoms with van der Waals surface area (Å²) in [5, 5.41) is 80.5. The standard InChI is InChI=1S/C35H39NO12/c1-46-34(45)36-12-10-35(11-13-36)22-14-18(4-8-24-28(39)32(43)30(41)26(16-37)47-24)2-6-20(22)21-7-3-19(15-23(21)35)5-9-25-29(40)33(44)31(42)27(17-38)48-25/h2-3,6-7,14-15,24-33,37-44H,10-13,16-17H2,1H3/t24-,25-,26-,27-,28+,29+,30-,31-,32-,33-/m1/s1. The number of aliphatic hydroxyl groups is 8. The van der Waals surface area contributed by atoms with Crippen LogP contribution in [0.2, 0.25) is 0 Å². The second kappa shape index (κ2) is 13.7. The van der Waals surface area contributed by atoms with Gasteiger partial charge in [0.15, 0.2) is 0 Å². The summed E-state index contributed by atoms with van der Waals surface area (Å²) in [6, 6.07) is 11.5. The van der Waals surface area contributed by atoms with Gasteiger partial charge in [-0.25, -0.2) is 4.79 Å². The largest absolute Gasteiger partial charge is 0.453 e. The van der Waals surface area contributed by atoms with Crippen LogP contribution in [0.25, 0.3) is 11.1 Å². The van der Waals surface area contributed by atoms with Gasteiger partial charge in [0, 0.05) is 29.6 Å². The lowest BCUT2D eigenvalue weighted by Crippen LogP contribution is -2.58. The van der Waals surface area contributed by atoms with Crippen molar-refractivity contribution in [3.05, 3.63) is 58.7 Å². The van der Waals surface area contributed by atoms with Crippen molar-refractivity contribution in [2.24, 2.45) is 0 Å². The van der Waals surface area contributed by atoms with E-state index in [1.54, 1.807) is 4.90 Å². The van der Waals surface area contributed by atoms with Crippen LogP contribution in [0.5, 0.6) is 0 Å². The summed E-state index contributed by atoms with van der Waals surface area (Å²) in [5.41, 5.74) is 4.61. The predicted octanol–water partition coefficient (Wildman–Crippen LogP) is -1.80. The number of carbonyl (C=O) groups excluding carboxylic acids is 1. The number of methoxy groups -OCH3 is 1. The Bertz CT molecular complexity index is 1540. The van der Waals surface area contributed by atoms with E-state index >= 15 is 0 Å². The molecule has 0 aromatic heterocycles. The molecule has 13 nitrogen and oxygen atoms in total. The molecule has 0 bridgehead atoms. The fourth-order valence-electron chi connectivity index (χ4n) is 7.14. The molecule has 0 radical (unpaired) electrons. The molecule has 0 saturated carbocycles. The second-order valence-electron chi connectivity index (χ2n) is 12.6. The average Bonchev–Trinajstić information content (AvgIpc) is 3.36. The molecule has 48 heavy (non-hydrogen) atoms. The van der Waals surface area contributed by atoms with Crippen molar-refractivity contribution in [1.29, 1.82) is 0 Å². The minimum Gasteiger partial charge on any atom is -0.453 e. The molecule has 2 aromatic carbocycles. The third-order valence-electron chi connectivity index (χ3n) is 9.91. The molecule has 1 amide bonds. The number of hydrogen-bond donors (Lipinski definition) is 8. The number of aliphatic hydroxyl groups excluding tert-OH is 8. The third-order valence-corrected chi connectivity index (χ3v) is 9.91. The minimum absolute atomic E-state index is 0.415. The maximum Gasteiger partial charge on any atom is 0.409 e. The van der Waals surface area contributed by atoms with Crippen LogP contribution in [0.1, 0.15) is 35.1 Å². The first-order chi connectivity index (χ1) is 23.0. The molecule has 3 saturated heterocycles. The quantitative estimate of drug-likeness (QED) is 0.167. The number of benzene rings is 2. The zero-order valence-corrected chi connectivity index (χ0v) is 26.1. The number of piperidine rings is 1. The number of ether oxygens (including phenoxy) is 3. The number of hydrogen-bond acceptors (Lipinski definition) is 12. The highest BCUT2D eigenvalue weighted by Crippen LogP contribution is 2.54. The van der Waals surface area contributed by atoms with Crippen molar-refractivity contribution < 1.29 is 59.9 Å². The molecule has 13 heteroatoms. The van der Waals surface area contributed by atoms with Crippen molar-refractivity contribution in [3.63, 3.8) is 0 Å². The van der Waals surface area contributed by atoms with Gasteiger partial charge in [-0.3, -0.25) is 0 Å². The smallest absolute Gasteiger partial charge is 0.409 e. The number of likely N-dealkylation sites (tertiary alicyclic amines) is 1. The normalized spacial score (nSPS) is 33.5. The summed E-state index contributed by atoms with van der Waals surface area (Å²) >= 11 is 0. The van der Waals surface area contributed by atoms with Crippen molar-refractivity contribution in [1.82, 2.24) is 4.90 Å². The highest BCUT2D eigenvalue weighted by molar-refractivity contribution is 5.83. The molecule has 8 N–H and O–H groups in total. The lowest BCUT2D eigenvalue weighted by molar-refractivity contribution is -0.214. The Morgan fingerprint density at radius 1 is 0.750 bits per heavy atom. The van der Waals surface area contributed by atoms with E-state index in [0.717, 1.165) is 22.3 Å². The molecular weight excluding hydrogens is 626 g/mol. The monoisotopic (exact) mass is 665 g/mol. The van der Waals surface area contributed by atoms with Gasteiger partial charge < -0.3 is 60.0 Å². The van der Waals surface area contributed by atoms with E-state index < -0.39 is 85.8 Å². The van der Waals surface area contributed by atoms with Crippen molar-refractivity contribution in [3.8, 4) is 34.8 Å². The highest BCUT2D eigenvalue weighted by atomic mass is 16.6. The van der Waals surface area contributed by atoms with Crippen LogP contribution in [0.4, 0.5) is 4.79 Å². The first kappa shape index (κ1) is 34.3. The Morgan fingerprint density at radius 2 is 1.19 bits per heavy atom. The highest BCUT2D eigenvalue weighted by Gasteiger charge is 2.47. The molecule has 1 aliphatic carbocycles. The van der Waals surface area contributed by atoms with Gasteiger partial charge >= 0.3 is 6.09 Å². The van der Waals surface area contributed by atoms with Crippen molar-refractivity contribution in [2.45, 2.75) is 79.3 Å². The summed E-state index contributed by atoms with van der Waals surface area (Å²) in [6.45, 7) is -0.263. The molecule has 3 fully saturated rings. The maximum absolute atomic E-state index is 12.4. The van der Waals surface area contributed by atoms with Crippen LogP contribution >= 0.6 is 0 Å². The topological polar surface area (TPSA) is 210 Å². The van der Waals surface area contributed by atoms with E-state index in [1.165, 1.54) is 7.11 Å². The number of fused-ring (bicyclic) bond motifs is 5. The summed E-state index contributed by atoms with van der Waals surface area (Å²) in [5.74, 6) is 11.7. The lowest BCUT2D eigenvalue weighted by atomic mass is 9.70. The molecule has 256 valence electrons. The number of nitrogens with zero attached hydrogens (tertiary/aromatic N) is 1. The summed E-state index contributed by atoms with van der Waals surface area (Å²) in [7, 11) is 1.34. The minimum atomic E-state index is -1.54. The SMILES string of the molecule is COC(=O)N1CCC2(CC1)c1cc(C#C[C@H]3O[C@H](CO)[C@@H](O)[C@H](O)[C@H]3O)ccc1-c1ccc(C#C[C@H]3O[C@H](CO)[C@@H](O)[C@H](O)[C@H]3O)cc12. The van der Waals surface area contributed by atoms with Gasteiger partial charge in [0.25, 0.3) is 0 Å². The summed E-state index contributed by atoms with van der Waals surface area (Å²) in [4.78, 5) is 14.0. The molecule has 10 atom stereocenters. The first-order valence-electron chi connectivity index (χ1n) is 15.8. The van der Waals surface area contributed by atoms with Crippen molar-refractivity contribution in [2.75, 3.05) is 33.4 Å². The fraction of sp³-hybridized carbons (Fsp3) is 0.514. The van der Waals surface area contributed by atoms with E-state index in [9.17, 15) is 45.6 Å². The molecule has 3 heterocycles. The zero-order valence-electron chi connectivity index (χ0n) is 26.1. The Kier molecular flexibility index (Phi) is 9.82. The molecule has 0 unspecified atom stereocenters. The fourth-order valence-corrected chi connectivity index (χ4v) is 7.14. The average molecular weight is 666 g/mol. The first-order valence-corrected chi connectivity index (χ1v) is 15.8. The van der Waals surface area contributed by atoms with Crippen LogP contribution in [0.3, 0.4) is 0 Å². The Labute approximate surface area is 276 Å². The Morgan fingerprint density at radius 3 is 1.58 bits per heavy atom.